The molecule has 0 aromatic heterocycles. The number of hydrogen-bond acceptors (Lipinski definition) is 2. The maximum absolute atomic E-state index is 5.10. The molecule has 0 amide bonds. The SMILES string of the molecule is C=CCNC(=S)N1CCNC1=S. The Morgan fingerprint density at radius 3 is 3.08 bits per heavy atom. The zero-order valence-electron chi connectivity index (χ0n) is 6.67. The molecule has 0 aromatic rings. The van der Waals surface area contributed by atoms with Crippen molar-refractivity contribution in [1.29, 1.82) is 0 Å². The summed E-state index contributed by atoms with van der Waals surface area (Å²) < 4.78 is 0. The molecule has 0 aromatic carbocycles. The molecule has 0 atom stereocenters. The van der Waals surface area contributed by atoms with Gasteiger partial charge in [-0.1, -0.05) is 6.08 Å². The molecule has 0 bridgehead atoms. The van der Waals surface area contributed by atoms with Crippen LogP contribution in [0, 0.1) is 0 Å². The van der Waals surface area contributed by atoms with E-state index in [1.807, 2.05) is 4.90 Å². The molecule has 3 nitrogen and oxygen atoms in total. The number of nitrogens with zero attached hydrogens (tertiary/aromatic N) is 1. The minimum atomic E-state index is 0.671. The van der Waals surface area contributed by atoms with Crippen molar-refractivity contribution in [3.63, 3.8) is 0 Å². The van der Waals surface area contributed by atoms with E-state index in [9.17, 15) is 0 Å². The first-order valence-corrected chi connectivity index (χ1v) is 4.51. The smallest absolute Gasteiger partial charge is 0.175 e. The molecule has 2 N–H and O–H groups in total. The number of nitrogens with one attached hydrogen (secondary N) is 2. The number of thiocarbonyl (C=S) groups is 2. The van der Waals surface area contributed by atoms with Crippen molar-refractivity contribution in [3.05, 3.63) is 12.7 Å². The highest BCUT2D eigenvalue weighted by Gasteiger charge is 2.18. The van der Waals surface area contributed by atoms with E-state index in [4.69, 9.17) is 24.4 Å². The zero-order valence-corrected chi connectivity index (χ0v) is 8.30. The van der Waals surface area contributed by atoms with Crippen LogP contribution in [0.4, 0.5) is 0 Å². The van der Waals surface area contributed by atoms with Crippen LogP contribution in [0.5, 0.6) is 0 Å². The summed E-state index contributed by atoms with van der Waals surface area (Å²) in [6, 6.07) is 0. The fourth-order valence-corrected chi connectivity index (χ4v) is 1.53. The Kier molecular flexibility index (Phi) is 3.43. The molecule has 0 unspecified atom stereocenters. The normalized spacial score (nSPS) is 15.7. The van der Waals surface area contributed by atoms with Gasteiger partial charge in [-0.05, 0) is 24.4 Å². The topological polar surface area (TPSA) is 27.3 Å². The molecule has 1 aliphatic rings. The van der Waals surface area contributed by atoms with Crippen LogP contribution in [-0.2, 0) is 0 Å². The maximum atomic E-state index is 5.10. The van der Waals surface area contributed by atoms with Crippen LogP contribution < -0.4 is 10.6 Å². The van der Waals surface area contributed by atoms with Gasteiger partial charge in [0.2, 0.25) is 0 Å². The van der Waals surface area contributed by atoms with Crippen LogP contribution in [0.25, 0.3) is 0 Å². The Hall–Kier alpha value is -0.680. The second-order valence-corrected chi connectivity index (χ2v) is 3.13. The lowest BCUT2D eigenvalue weighted by molar-refractivity contribution is 0.665. The van der Waals surface area contributed by atoms with E-state index in [0.29, 0.717) is 16.8 Å². The fraction of sp³-hybridized carbons (Fsp3) is 0.429. The fourth-order valence-electron chi connectivity index (χ4n) is 0.920. The average Bonchev–Trinajstić information content (AvgIpc) is 2.47. The Labute approximate surface area is 82.8 Å². The first-order valence-electron chi connectivity index (χ1n) is 3.70. The summed E-state index contributed by atoms with van der Waals surface area (Å²) in [5.41, 5.74) is 0. The van der Waals surface area contributed by atoms with Crippen LogP contribution in [0.1, 0.15) is 0 Å². The summed E-state index contributed by atoms with van der Waals surface area (Å²) in [6.45, 7) is 5.99. The molecule has 1 fully saturated rings. The van der Waals surface area contributed by atoms with E-state index < -0.39 is 0 Å². The van der Waals surface area contributed by atoms with Gasteiger partial charge in [0.15, 0.2) is 10.2 Å². The lowest BCUT2D eigenvalue weighted by Gasteiger charge is -2.17. The molecule has 1 aliphatic heterocycles. The monoisotopic (exact) mass is 201 g/mol. The van der Waals surface area contributed by atoms with E-state index in [2.05, 4.69) is 17.2 Å². The van der Waals surface area contributed by atoms with Gasteiger partial charge in [-0.25, -0.2) is 0 Å². The number of rotatable bonds is 2. The molecule has 0 radical (unpaired) electrons. The summed E-state index contributed by atoms with van der Waals surface area (Å²) in [4.78, 5) is 1.87. The van der Waals surface area contributed by atoms with Crippen molar-refractivity contribution in [1.82, 2.24) is 15.5 Å². The van der Waals surface area contributed by atoms with Crippen LogP contribution >= 0.6 is 24.4 Å². The van der Waals surface area contributed by atoms with Gasteiger partial charge in [0.1, 0.15) is 0 Å². The molecule has 5 heteroatoms. The van der Waals surface area contributed by atoms with Gasteiger partial charge in [0, 0.05) is 19.6 Å². The quantitative estimate of drug-likeness (QED) is 0.493. The first kappa shape index (κ1) is 9.41. The minimum Gasteiger partial charge on any atom is -0.360 e. The lowest BCUT2D eigenvalue weighted by atomic mass is 10.6. The molecule has 0 spiro atoms. The Morgan fingerprint density at radius 2 is 2.58 bits per heavy atom. The summed E-state index contributed by atoms with van der Waals surface area (Å²) in [7, 11) is 0. The van der Waals surface area contributed by atoms with E-state index >= 15 is 0 Å². The molecule has 1 heterocycles. The second kappa shape index (κ2) is 4.37. The number of hydrogen-bond donors (Lipinski definition) is 2. The van der Waals surface area contributed by atoms with Crippen molar-refractivity contribution in [2.24, 2.45) is 0 Å². The first-order chi connectivity index (χ1) is 5.75. The summed E-state index contributed by atoms with van der Waals surface area (Å²) >= 11 is 10.1. The second-order valence-electron chi connectivity index (χ2n) is 2.36. The highest BCUT2D eigenvalue weighted by molar-refractivity contribution is 7.81. The Bertz CT molecular complexity index is 215. The molecular weight excluding hydrogens is 190 g/mol. The van der Waals surface area contributed by atoms with Crippen LogP contribution in [0.3, 0.4) is 0 Å². The molecule has 1 rings (SSSR count). The van der Waals surface area contributed by atoms with Gasteiger partial charge in [0.25, 0.3) is 0 Å². The van der Waals surface area contributed by atoms with Gasteiger partial charge in [0.05, 0.1) is 0 Å². The van der Waals surface area contributed by atoms with Crippen molar-refractivity contribution in [2.75, 3.05) is 19.6 Å². The van der Waals surface area contributed by atoms with Crippen LogP contribution in [0.15, 0.2) is 12.7 Å². The molecule has 0 aliphatic carbocycles. The van der Waals surface area contributed by atoms with Crippen LogP contribution in [-0.4, -0.2) is 34.8 Å². The Balaban J connectivity index is 2.40. The third-order valence-corrected chi connectivity index (χ3v) is 2.23. The summed E-state index contributed by atoms with van der Waals surface area (Å²) in [5, 5.41) is 7.42. The molecular formula is C7H11N3S2. The van der Waals surface area contributed by atoms with Crippen molar-refractivity contribution >= 4 is 34.7 Å². The minimum absolute atomic E-state index is 0.671. The summed E-state index contributed by atoms with van der Waals surface area (Å²) in [6.07, 6.45) is 1.76. The van der Waals surface area contributed by atoms with E-state index in [-0.39, 0.29) is 0 Å². The lowest BCUT2D eigenvalue weighted by Crippen LogP contribution is -2.41. The largest absolute Gasteiger partial charge is 0.360 e. The van der Waals surface area contributed by atoms with Gasteiger partial charge >= 0.3 is 0 Å². The van der Waals surface area contributed by atoms with Crippen molar-refractivity contribution < 1.29 is 0 Å². The van der Waals surface area contributed by atoms with Gasteiger partial charge in [-0.3, -0.25) is 4.90 Å². The highest BCUT2D eigenvalue weighted by Crippen LogP contribution is 1.97. The third kappa shape index (κ3) is 2.15. The third-order valence-electron chi connectivity index (χ3n) is 1.50. The van der Waals surface area contributed by atoms with E-state index in [1.165, 1.54) is 0 Å². The Morgan fingerprint density at radius 1 is 1.83 bits per heavy atom. The average molecular weight is 201 g/mol. The highest BCUT2D eigenvalue weighted by atomic mass is 32.1. The standard InChI is InChI=1S/C7H11N3S2/c1-2-3-8-6(11)10-5-4-9-7(10)12/h2H,1,3-5H2,(H,8,11)(H,9,12). The summed E-state index contributed by atoms with van der Waals surface area (Å²) in [5.74, 6) is 0. The van der Waals surface area contributed by atoms with Gasteiger partial charge in [-0.15, -0.1) is 6.58 Å². The molecule has 12 heavy (non-hydrogen) atoms. The predicted molar refractivity (Wildman–Crippen MR) is 58.1 cm³/mol. The van der Waals surface area contributed by atoms with Gasteiger partial charge < -0.3 is 10.6 Å². The predicted octanol–water partition coefficient (Wildman–Crippen LogP) is 0.237. The molecule has 0 saturated carbocycles. The maximum Gasteiger partial charge on any atom is 0.175 e. The van der Waals surface area contributed by atoms with Gasteiger partial charge in [-0.2, -0.15) is 0 Å². The molecule has 1 saturated heterocycles. The van der Waals surface area contributed by atoms with Crippen molar-refractivity contribution in [2.45, 2.75) is 0 Å². The molecule has 66 valence electrons. The van der Waals surface area contributed by atoms with Crippen molar-refractivity contribution in [3.8, 4) is 0 Å². The zero-order chi connectivity index (χ0) is 8.97. The van der Waals surface area contributed by atoms with E-state index in [1.54, 1.807) is 6.08 Å². The van der Waals surface area contributed by atoms with E-state index in [0.717, 1.165) is 13.1 Å². The van der Waals surface area contributed by atoms with Crippen LogP contribution in [0.2, 0.25) is 0 Å².